The molecule has 0 saturated heterocycles. The normalized spacial score (nSPS) is 12.2. The third kappa shape index (κ3) is 6.42. The van der Waals surface area contributed by atoms with Gasteiger partial charge in [0.05, 0.1) is 30.5 Å². The maximum absolute atomic E-state index is 13.1. The Hall–Kier alpha value is -3.23. The molecule has 5 nitrogen and oxygen atoms in total. The number of carbonyl (C=O) groups excluding carboxylic acids is 1. The Morgan fingerprint density at radius 3 is 2.32 bits per heavy atom. The molecule has 1 amide bonds. The first-order valence-electron chi connectivity index (χ1n) is 10.4. The Labute approximate surface area is 200 Å². The summed E-state index contributed by atoms with van der Waals surface area (Å²) in [6, 6.07) is 16.4. The van der Waals surface area contributed by atoms with E-state index in [1.165, 1.54) is 0 Å². The smallest absolute Gasteiger partial charge is 0.416 e. The van der Waals surface area contributed by atoms with Gasteiger partial charge in [-0.2, -0.15) is 13.2 Å². The van der Waals surface area contributed by atoms with Gasteiger partial charge in [-0.3, -0.25) is 4.79 Å². The molecular weight excluding hydrogens is 469 g/mol. The number of carbonyl (C=O) groups is 1. The highest BCUT2D eigenvalue weighted by Crippen LogP contribution is 2.34. The van der Waals surface area contributed by atoms with Crippen molar-refractivity contribution in [3.8, 4) is 11.5 Å². The van der Waals surface area contributed by atoms with Gasteiger partial charge < -0.3 is 20.1 Å². The molecule has 1 atom stereocenters. The van der Waals surface area contributed by atoms with Crippen molar-refractivity contribution in [2.24, 2.45) is 0 Å². The van der Waals surface area contributed by atoms with Gasteiger partial charge in [-0.1, -0.05) is 48.0 Å². The molecule has 0 aromatic heterocycles. The molecule has 9 heteroatoms. The van der Waals surface area contributed by atoms with E-state index < -0.39 is 23.7 Å². The highest BCUT2D eigenvalue weighted by Gasteiger charge is 2.31. The Balaban J connectivity index is 1.76. The fraction of sp³-hybridized carbons (Fsp3) is 0.240. The van der Waals surface area contributed by atoms with E-state index in [4.69, 9.17) is 21.1 Å². The van der Waals surface area contributed by atoms with Crippen molar-refractivity contribution >= 4 is 23.2 Å². The lowest BCUT2D eigenvalue weighted by molar-refractivity contribution is -0.137. The molecule has 3 aromatic rings. The number of anilines is 1. The third-order valence-electron chi connectivity index (χ3n) is 5.16. The van der Waals surface area contributed by atoms with Gasteiger partial charge in [-0.05, 0) is 47.9 Å². The number of alkyl halides is 3. The lowest BCUT2D eigenvalue weighted by atomic mass is 10.0. The topological polar surface area (TPSA) is 59.6 Å². The van der Waals surface area contributed by atoms with Gasteiger partial charge in [0.25, 0.3) is 0 Å². The van der Waals surface area contributed by atoms with Crippen LogP contribution in [0.4, 0.5) is 18.9 Å². The van der Waals surface area contributed by atoms with Crippen LogP contribution in [0.15, 0.2) is 66.7 Å². The van der Waals surface area contributed by atoms with Crippen molar-refractivity contribution < 1.29 is 27.4 Å². The molecule has 180 valence electrons. The summed E-state index contributed by atoms with van der Waals surface area (Å²) in [6.07, 6.45) is -3.98. The molecule has 34 heavy (non-hydrogen) atoms. The van der Waals surface area contributed by atoms with Gasteiger partial charge in [0.2, 0.25) is 5.91 Å². The number of amides is 1. The lowest BCUT2D eigenvalue weighted by Gasteiger charge is -2.20. The standard InChI is InChI=1S/C25H24ClF3N2O3/c1-33-21-11-8-16(14-22(21)34-2)12-13-30-23(17-6-4-3-5-7-17)24(32)31-20-15-18(25(27,28)29)9-10-19(20)26/h3-11,14-15,23,30H,12-13H2,1-2H3,(H,31,32). The zero-order valence-electron chi connectivity index (χ0n) is 18.6. The summed E-state index contributed by atoms with van der Waals surface area (Å²) < 4.78 is 49.9. The monoisotopic (exact) mass is 492 g/mol. The van der Waals surface area contributed by atoms with Crippen molar-refractivity contribution in [2.75, 3.05) is 26.1 Å². The highest BCUT2D eigenvalue weighted by atomic mass is 35.5. The summed E-state index contributed by atoms with van der Waals surface area (Å²) in [7, 11) is 3.10. The molecule has 0 radical (unpaired) electrons. The van der Waals surface area contributed by atoms with Crippen molar-refractivity contribution in [1.29, 1.82) is 0 Å². The number of hydrogen-bond acceptors (Lipinski definition) is 4. The molecule has 3 aromatic carbocycles. The van der Waals surface area contributed by atoms with Gasteiger partial charge in [0.1, 0.15) is 6.04 Å². The molecule has 1 unspecified atom stereocenters. The summed E-state index contributed by atoms with van der Waals surface area (Å²) in [4.78, 5) is 13.1. The molecule has 0 bridgehead atoms. The number of halogens is 4. The van der Waals surface area contributed by atoms with Crippen LogP contribution in [0.2, 0.25) is 5.02 Å². The van der Waals surface area contributed by atoms with Crippen molar-refractivity contribution in [3.63, 3.8) is 0 Å². The van der Waals surface area contributed by atoms with E-state index in [9.17, 15) is 18.0 Å². The summed E-state index contributed by atoms with van der Waals surface area (Å²) in [6.45, 7) is 0.415. The minimum absolute atomic E-state index is 0.0125. The van der Waals surface area contributed by atoms with Crippen molar-refractivity contribution in [1.82, 2.24) is 5.32 Å². The Morgan fingerprint density at radius 2 is 1.68 bits per heavy atom. The first kappa shape index (κ1) is 25.4. The molecule has 2 N–H and O–H groups in total. The molecule has 0 fully saturated rings. The van der Waals surface area contributed by atoms with Crippen LogP contribution in [0.3, 0.4) is 0 Å². The van der Waals surface area contributed by atoms with Crippen LogP contribution >= 0.6 is 11.6 Å². The predicted octanol–water partition coefficient (Wildman–Crippen LogP) is 5.89. The van der Waals surface area contributed by atoms with E-state index in [0.717, 1.165) is 23.8 Å². The van der Waals surface area contributed by atoms with E-state index >= 15 is 0 Å². The Bertz CT molecular complexity index is 1120. The van der Waals surface area contributed by atoms with E-state index in [-0.39, 0.29) is 10.7 Å². The lowest BCUT2D eigenvalue weighted by Crippen LogP contribution is -2.34. The second-order valence-electron chi connectivity index (χ2n) is 7.42. The number of nitrogens with one attached hydrogen (secondary N) is 2. The zero-order chi connectivity index (χ0) is 24.7. The largest absolute Gasteiger partial charge is 0.493 e. The quantitative estimate of drug-likeness (QED) is 0.391. The first-order valence-corrected chi connectivity index (χ1v) is 10.8. The van der Waals surface area contributed by atoms with Crippen molar-refractivity contribution in [3.05, 3.63) is 88.4 Å². The van der Waals surface area contributed by atoms with Crippen LogP contribution in [-0.2, 0) is 17.4 Å². The van der Waals surface area contributed by atoms with Crippen LogP contribution in [-0.4, -0.2) is 26.7 Å². The van der Waals surface area contributed by atoms with Crippen molar-refractivity contribution in [2.45, 2.75) is 18.6 Å². The summed E-state index contributed by atoms with van der Waals surface area (Å²) >= 11 is 6.05. The third-order valence-corrected chi connectivity index (χ3v) is 5.49. The maximum Gasteiger partial charge on any atom is 0.416 e. The minimum Gasteiger partial charge on any atom is -0.493 e. The van der Waals surface area contributed by atoms with Gasteiger partial charge in [0.15, 0.2) is 11.5 Å². The van der Waals surface area contributed by atoms with Crippen LogP contribution < -0.4 is 20.1 Å². The number of methoxy groups -OCH3 is 2. The molecule has 3 rings (SSSR count). The fourth-order valence-corrected chi connectivity index (χ4v) is 3.57. The van der Waals surface area contributed by atoms with Gasteiger partial charge >= 0.3 is 6.18 Å². The fourth-order valence-electron chi connectivity index (χ4n) is 3.41. The SMILES string of the molecule is COc1ccc(CCNC(C(=O)Nc2cc(C(F)(F)F)ccc2Cl)c2ccccc2)cc1OC. The molecule has 0 spiro atoms. The average Bonchev–Trinajstić information content (AvgIpc) is 2.82. The molecule has 0 aliphatic rings. The number of hydrogen-bond donors (Lipinski definition) is 2. The molecule has 0 aliphatic carbocycles. The average molecular weight is 493 g/mol. The Morgan fingerprint density at radius 1 is 0.971 bits per heavy atom. The van der Waals surface area contributed by atoms with Crippen LogP contribution in [0, 0.1) is 0 Å². The summed E-state index contributed by atoms with van der Waals surface area (Å²) in [5, 5.41) is 5.73. The number of ether oxygens (including phenoxy) is 2. The predicted molar refractivity (Wildman–Crippen MR) is 126 cm³/mol. The van der Waals surface area contributed by atoms with Crippen LogP contribution in [0.25, 0.3) is 0 Å². The molecule has 0 heterocycles. The van der Waals surface area contributed by atoms with E-state index in [1.54, 1.807) is 44.6 Å². The molecular formula is C25H24ClF3N2O3. The van der Waals surface area contributed by atoms with E-state index in [0.29, 0.717) is 30.0 Å². The van der Waals surface area contributed by atoms with E-state index in [1.807, 2.05) is 18.2 Å². The van der Waals surface area contributed by atoms with Crippen LogP contribution in [0.1, 0.15) is 22.7 Å². The molecule has 0 aliphatic heterocycles. The van der Waals surface area contributed by atoms with Gasteiger partial charge in [-0.25, -0.2) is 0 Å². The second kappa shape index (κ2) is 11.3. The second-order valence-corrected chi connectivity index (χ2v) is 7.83. The molecule has 0 saturated carbocycles. The Kier molecular flexibility index (Phi) is 8.41. The maximum atomic E-state index is 13.1. The van der Waals surface area contributed by atoms with Gasteiger partial charge in [-0.15, -0.1) is 0 Å². The summed E-state index contributed by atoms with van der Waals surface area (Å²) in [5.41, 5.74) is 0.614. The zero-order valence-corrected chi connectivity index (χ0v) is 19.3. The first-order chi connectivity index (χ1) is 16.2. The minimum atomic E-state index is -4.55. The number of rotatable bonds is 9. The van der Waals surface area contributed by atoms with E-state index in [2.05, 4.69) is 10.6 Å². The highest BCUT2D eigenvalue weighted by molar-refractivity contribution is 6.33. The van der Waals surface area contributed by atoms with Crippen LogP contribution in [0.5, 0.6) is 11.5 Å². The van der Waals surface area contributed by atoms with Gasteiger partial charge in [0, 0.05) is 6.54 Å². The number of benzene rings is 3. The summed E-state index contributed by atoms with van der Waals surface area (Å²) in [5.74, 6) is 0.676.